The maximum Gasteiger partial charge on any atom is 0.275 e. The van der Waals surface area contributed by atoms with Crippen molar-refractivity contribution >= 4 is 16.7 Å². The Morgan fingerprint density at radius 1 is 1.20 bits per heavy atom. The summed E-state index contributed by atoms with van der Waals surface area (Å²) in [4.78, 5) is 24.8. The zero-order chi connectivity index (χ0) is 18.0. The van der Waals surface area contributed by atoms with E-state index in [2.05, 4.69) is 16.5 Å². The van der Waals surface area contributed by atoms with Crippen LogP contribution in [0.15, 0.2) is 53.5 Å². The van der Waals surface area contributed by atoms with Gasteiger partial charge in [0.2, 0.25) is 5.91 Å². The summed E-state index contributed by atoms with van der Waals surface area (Å²) in [6.45, 7) is 5.89. The lowest BCUT2D eigenvalue weighted by Gasteiger charge is -2.17. The molecule has 5 heteroatoms. The first kappa shape index (κ1) is 16.9. The van der Waals surface area contributed by atoms with Crippen molar-refractivity contribution in [2.75, 3.05) is 0 Å². The van der Waals surface area contributed by atoms with E-state index in [1.807, 2.05) is 45.0 Å². The van der Waals surface area contributed by atoms with Gasteiger partial charge < -0.3 is 5.32 Å². The van der Waals surface area contributed by atoms with Gasteiger partial charge in [0.1, 0.15) is 6.54 Å². The van der Waals surface area contributed by atoms with Gasteiger partial charge >= 0.3 is 0 Å². The van der Waals surface area contributed by atoms with E-state index in [0.717, 1.165) is 22.1 Å². The third-order valence-corrected chi connectivity index (χ3v) is 4.33. The van der Waals surface area contributed by atoms with Crippen LogP contribution in [0.3, 0.4) is 0 Å². The molecule has 0 aliphatic carbocycles. The normalized spacial score (nSPS) is 12.1. The maximum atomic E-state index is 12.4. The summed E-state index contributed by atoms with van der Waals surface area (Å²) in [7, 11) is 0. The number of carbonyl (C=O) groups is 1. The lowest BCUT2D eigenvalue weighted by molar-refractivity contribution is -0.122. The van der Waals surface area contributed by atoms with E-state index in [1.165, 1.54) is 4.68 Å². The van der Waals surface area contributed by atoms with Crippen molar-refractivity contribution in [1.82, 2.24) is 15.1 Å². The Morgan fingerprint density at radius 3 is 2.76 bits per heavy atom. The molecule has 1 aromatic heterocycles. The number of aromatic nitrogens is 2. The molecule has 0 radical (unpaired) electrons. The van der Waals surface area contributed by atoms with E-state index < -0.39 is 0 Å². The van der Waals surface area contributed by atoms with Gasteiger partial charge in [-0.3, -0.25) is 9.59 Å². The minimum Gasteiger partial charge on any atom is -0.348 e. The lowest BCUT2D eigenvalue weighted by atomic mass is 10.00. The van der Waals surface area contributed by atoms with Crippen LogP contribution in [0.1, 0.15) is 29.7 Å². The first-order valence-corrected chi connectivity index (χ1v) is 8.27. The number of rotatable bonds is 4. The highest BCUT2D eigenvalue weighted by atomic mass is 16.2. The number of hydrogen-bond donors (Lipinski definition) is 1. The first-order valence-electron chi connectivity index (χ1n) is 8.27. The van der Waals surface area contributed by atoms with Gasteiger partial charge in [0, 0.05) is 5.39 Å². The molecule has 128 valence electrons. The fourth-order valence-corrected chi connectivity index (χ4v) is 2.97. The number of hydrogen-bond acceptors (Lipinski definition) is 3. The molecule has 1 heterocycles. The van der Waals surface area contributed by atoms with Crippen LogP contribution < -0.4 is 10.9 Å². The summed E-state index contributed by atoms with van der Waals surface area (Å²) in [6, 6.07) is 13.3. The van der Waals surface area contributed by atoms with Crippen LogP contribution in [0.4, 0.5) is 0 Å². The predicted octanol–water partition coefficient (Wildman–Crippen LogP) is 2.89. The molecular formula is C20H21N3O2. The van der Waals surface area contributed by atoms with Gasteiger partial charge in [-0.05, 0) is 38.0 Å². The van der Waals surface area contributed by atoms with Crippen LogP contribution in [0.25, 0.3) is 10.8 Å². The quantitative estimate of drug-likeness (QED) is 0.797. The smallest absolute Gasteiger partial charge is 0.275 e. The zero-order valence-corrected chi connectivity index (χ0v) is 14.6. The topological polar surface area (TPSA) is 64.0 Å². The highest BCUT2D eigenvalue weighted by Crippen LogP contribution is 2.18. The van der Waals surface area contributed by atoms with Gasteiger partial charge in [-0.15, -0.1) is 0 Å². The number of fused-ring (bicyclic) bond motifs is 1. The molecule has 2 aromatic carbocycles. The van der Waals surface area contributed by atoms with E-state index >= 15 is 0 Å². The molecule has 1 amide bonds. The van der Waals surface area contributed by atoms with E-state index in [1.54, 1.807) is 18.3 Å². The van der Waals surface area contributed by atoms with Crippen molar-refractivity contribution in [3.05, 3.63) is 75.7 Å². The van der Waals surface area contributed by atoms with Crippen LogP contribution in [-0.2, 0) is 11.3 Å². The Hall–Kier alpha value is -2.95. The number of nitrogens with zero attached hydrogens (tertiary/aromatic N) is 2. The average molecular weight is 335 g/mol. The van der Waals surface area contributed by atoms with Crippen molar-refractivity contribution < 1.29 is 4.79 Å². The fourth-order valence-electron chi connectivity index (χ4n) is 2.97. The van der Waals surface area contributed by atoms with E-state index in [0.29, 0.717) is 5.39 Å². The zero-order valence-electron chi connectivity index (χ0n) is 14.6. The van der Waals surface area contributed by atoms with E-state index in [9.17, 15) is 9.59 Å². The Balaban J connectivity index is 1.78. The van der Waals surface area contributed by atoms with Crippen LogP contribution in [-0.4, -0.2) is 15.7 Å². The third-order valence-electron chi connectivity index (χ3n) is 4.33. The molecule has 1 N–H and O–H groups in total. The molecule has 3 rings (SSSR count). The van der Waals surface area contributed by atoms with Crippen molar-refractivity contribution in [1.29, 1.82) is 0 Å². The van der Waals surface area contributed by atoms with Gasteiger partial charge in [-0.25, -0.2) is 4.68 Å². The SMILES string of the molecule is Cc1ccc(C)c(C(C)NC(=O)Cn2ncc3ccccc3c2=O)c1. The minimum absolute atomic E-state index is 0.0983. The van der Waals surface area contributed by atoms with Gasteiger partial charge in [0.15, 0.2) is 0 Å². The molecule has 1 atom stereocenters. The number of nitrogens with one attached hydrogen (secondary N) is 1. The maximum absolute atomic E-state index is 12.4. The second-order valence-corrected chi connectivity index (χ2v) is 6.34. The molecule has 0 fully saturated rings. The summed E-state index contributed by atoms with van der Waals surface area (Å²) >= 11 is 0. The molecule has 0 aliphatic heterocycles. The standard InChI is InChI=1S/C20H21N3O2/c1-13-8-9-14(2)18(10-13)15(3)22-19(24)12-23-20(25)17-7-5-4-6-16(17)11-21-23/h4-11,15H,12H2,1-3H3,(H,22,24). The monoisotopic (exact) mass is 335 g/mol. The highest BCUT2D eigenvalue weighted by Gasteiger charge is 2.14. The molecular weight excluding hydrogens is 314 g/mol. The molecule has 0 aliphatic rings. The molecule has 0 bridgehead atoms. The second-order valence-electron chi connectivity index (χ2n) is 6.34. The molecule has 5 nitrogen and oxygen atoms in total. The lowest BCUT2D eigenvalue weighted by Crippen LogP contribution is -2.35. The van der Waals surface area contributed by atoms with E-state index in [-0.39, 0.29) is 24.1 Å². The van der Waals surface area contributed by atoms with Crippen molar-refractivity contribution in [3.8, 4) is 0 Å². The predicted molar refractivity (Wildman–Crippen MR) is 98.5 cm³/mol. The van der Waals surface area contributed by atoms with Crippen molar-refractivity contribution in [3.63, 3.8) is 0 Å². The summed E-state index contributed by atoms with van der Waals surface area (Å²) < 4.78 is 1.20. The fraction of sp³-hybridized carbons (Fsp3) is 0.250. The van der Waals surface area contributed by atoms with Crippen LogP contribution in [0.5, 0.6) is 0 Å². The van der Waals surface area contributed by atoms with Gasteiger partial charge in [-0.1, -0.05) is 42.0 Å². The molecule has 0 spiro atoms. The minimum atomic E-state index is -0.257. The van der Waals surface area contributed by atoms with Gasteiger partial charge in [0.05, 0.1) is 17.6 Å². The Kier molecular flexibility index (Phi) is 4.65. The molecule has 25 heavy (non-hydrogen) atoms. The van der Waals surface area contributed by atoms with Crippen LogP contribution in [0, 0.1) is 13.8 Å². The number of aryl methyl sites for hydroxylation is 2. The van der Waals surface area contributed by atoms with Crippen molar-refractivity contribution in [2.45, 2.75) is 33.4 Å². The molecule has 1 unspecified atom stereocenters. The Morgan fingerprint density at radius 2 is 1.96 bits per heavy atom. The number of carbonyl (C=O) groups excluding carboxylic acids is 1. The summed E-state index contributed by atoms with van der Waals surface area (Å²) in [6.07, 6.45) is 1.61. The van der Waals surface area contributed by atoms with Crippen LogP contribution in [0.2, 0.25) is 0 Å². The molecule has 3 aromatic rings. The number of amides is 1. The highest BCUT2D eigenvalue weighted by molar-refractivity contribution is 5.81. The average Bonchev–Trinajstić information content (AvgIpc) is 2.59. The third kappa shape index (κ3) is 3.60. The summed E-state index contributed by atoms with van der Waals surface area (Å²) in [5.41, 5.74) is 3.09. The molecule has 0 saturated heterocycles. The van der Waals surface area contributed by atoms with E-state index in [4.69, 9.17) is 0 Å². The Labute approximate surface area is 146 Å². The first-order chi connectivity index (χ1) is 12.0. The second kappa shape index (κ2) is 6.89. The van der Waals surface area contributed by atoms with Crippen LogP contribution >= 0.6 is 0 Å². The largest absolute Gasteiger partial charge is 0.348 e. The van der Waals surface area contributed by atoms with Crippen molar-refractivity contribution in [2.24, 2.45) is 0 Å². The number of benzene rings is 2. The van der Waals surface area contributed by atoms with Gasteiger partial charge in [-0.2, -0.15) is 5.10 Å². The summed E-state index contributed by atoms with van der Waals surface area (Å²) in [5.74, 6) is -0.238. The Bertz CT molecular complexity index is 992. The summed E-state index contributed by atoms with van der Waals surface area (Å²) in [5, 5.41) is 8.38. The van der Waals surface area contributed by atoms with Gasteiger partial charge in [0.25, 0.3) is 5.56 Å². The molecule has 0 saturated carbocycles.